The van der Waals surface area contributed by atoms with E-state index in [0.717, 1.165) is 42.4 Å². The standard InChI is InChI=1S/C28H33NO4/c1-17-14-15-18(28(2,3)4)16-21(17)25(30)23-24(20-12-8-9-13-22(20)33-5)29(27(32)26(23)31)19-10-6-7-11-19/h8-9,12-16,19,24,30H,6-7,10-11H2,1-5H3/b25-23+. The Morgan fingerprint density at radius 1 is 1.06 bits per heavy atom. The van der Waals surface area contributed by atoms with Crippen molar-refractivity contribution in [2.45, 2.75) is 70.9 Å². The van der Waals surface area contributed by atoms with E-state index in [-0.39, 0.29) is 22.8 Å². The summed E-state index contributed by atoms with van der Waals surface area (Å²) < 4.78 is 5.61. The fourth-order valence-corrected chi connectivity index (χ4v) is 5.10. The molecule has 2 aliphatic rings. The Morgan fingerprint density at radius 2 is 1.73 bits per heavy atom. The Labute approximate surface area is 196 Å². The van der Waals surface area contributed by atoms with E-state index in [1.54, 1.807) is 12.0 Å². The molecule has 2 aromatic rings. The molecule has 174 valence electrons. The van der Waals surface area contributed by atoms with Crippen LogP contribution in [0.15, 0.2) is 48.0 Å². The van der Waals surface area contributed by atoms with Gasteiger partial charge in [0.15, 0.2) is 0 Å². The lowest BCUT2D eigenvalue weighted by molar-refractivity contribution is -0.141. The second-order valence-corrected chi connectivity index (χ2v) is 10.2. The zero-order valence-electron chi connectivity index (χ0n) is 20.1. The van der Waals surface area contributed by atoms with Crippen LogP contribution < -0.4 is 4.74 Å². The summed E-state index contributed by atoms with van der Waals surface area (Å²) in [5, 5.41) is 11.6. The number of aliphatic hydroxyl groups excluding tert-OH is 1. The number of methoxy groups -OCH3 is 1. The highest BCUT2D eigenvalue weighted by atomic mass is 16.5. The smallest absolute Gasteiger partial charge is 0.295 e. The summed E-state index contributed by atoms with van der Waals surface area (Å²) in [4.78, 5) is 28.4. The number of likely N-dealkylation sites (tertiary alicyclic amines) is 1. The van der Waals surface area contributed by atoms with Gasteiger partial charge in [-0.25, -0.2) is 0 Å². The van der Waals surface area contributed by atoms with Crippen molar-refractivity contribution in [2.24, 2.45) is 0 Å². The minimum Gasteiger partial charge on any atom is -0.507 e. The van der Waals surface area contributed by atoms with E-state index in [1.165, 1.54) is 0 Å². The fraction of sp³-hybridized carbons (Fsp3) is 0.429. The molecule has 1 aliphatic carbocycles. The zero-order chi connectivity index (χ0) is 23.9. The van der Waals surface area contributed by atoms with Crippen molar-refractivity contribution in [1.29, 1.82) is 0 Å². The lowest BCUT2D eigenvalue weighted by Gasteiger charge is -2.31. The van der Waals surface area contributed by atoms with Gasteiger partial charge in [0, 0.05) is 17.2 Å². The maximum Gasteiger partial charge on any atom is 0.295 e. The van der Waals surface area contributed by atoms with Crippen LogP contribution in [0.1, 0.15) is 74.8 Å². The number of Topliss-reactive ketones (excluding diaryl/α,β-unsaturated/α-hetero) is 1. The predicted octanol–water partition coefficient (Wildman–Crippen LogP) is 5.67. The van der Waals surface area contributed by atoms with Gasteiger partial charge < -0.3 is 14.7 Å². The van der Waals surface area contributed by atoms with Gasteiger partial charge in [-0.3, -0.25) is 9.59 Å². The second kappa shape index (κ2) is 8.69. The highest BCUT2D eigenvalue weighted by molar-refractivity contribution is 6.46. The SMILES string of the molecule is COc1ccccc1C1/C(=C(\O)c2cc(C(C)(C)C)ccc2C)C(=O)C(=O)N1C1CCCC1. The summed E-state index contributed by atoms with van der Waals surface area (Å²) in [5.41, 5.74) is 3.23. The fourth-order valence-electron chi connectivity index (χ4n) is 5.10. The molecule has 4 rings (SSSR count). The largest absolute Gasteiger partial charge is 0.507 e. The Kier molecular flexibility index (Phi) is 6.08. The summed E-state index contributed by atoms with van der Waals surface area (Å²) in [6.45, 7) is 8.23. The molecular weight excluding hydrogens is 414 g/mol. The maximum absolute atomic E-state index is 13.4. The number of aliphatic hydroxyl groups is 1. The Balaban J connectivity index is 1.96. The van der Waals surface area contributed by atoms with Crippen molar-refractivity contribution in [1.82, 2.24) is 4.90 Å². The molecule has 1 saturated carbocycles. The number of aryl methyl sites for hydroxylation is 1. The van der Waals surface area contributed by atoms with E-state index >= 15 is 0 Å². The van der Waals surface area contributed by atoms with Gasteiger partial charge in [-0.15, -0.1) is 0 Å². The number of carbonyl (C=O) groups excluding carboxylic acids is 2. The maximum atomic E-state index is 13.4. The van der Waals surface area contributed by atoms with Crippen LogP contribution in [-0.2, 0) is 15.0 Å². The molecule has 33 heavy (non-hydrogen) atoms. The van der Waals surface area contributed by atoms with E-state index in [4.69, 9.17) is 4.74 Å². The summed E-state index contributed by atoms with van der Waals surface area (Å²) in [7, 11) is 1.58. The van der Waals surface area contributed by atoms with Crippen molar-refractivity contribution >= 4 is 17.4 Å². The van der Waals surface area contributed by atoms with Crippen molar-refractivity contribution in [2.75, 3.05) is 7.11 Å². The van der Waals surface area contributed by atoms with Crippen LogP contribution in [0.4, 0.5) is 0 Å². The topological polar surface area (TPSA) is 66.8 Å². The molecule has 1 heterocycles. The van der Waals surface area contributed by atoms with Gasteiger partial charge in [0.05, 0.1) is 18.7 Å². The first kappa shape index (κ1) is 23.1. The predicted molar refractivity (Wildman–Crippen MR) is 129 cm³/mol. The van der Waals surface area contributed by atoms with Crippen molar-refractivity contribution in [3.63, 3.8) is 0 Å². The molecule has 1 atom stereocenters. The van der Waals surface area contributed by atoms with Gasteiger partial charge in [0.2, 0.25) is 0 Å². The van der Waals surface area contributed by atoms with Crippen LogP contribution >= 0.6 is 0 Å². The highest BCUT2D eigenvalue weighted by Gasteiger charge is 2.50. The quantitative estimate of drug-likeness (QED) is 0.373. The van der Waals surface area contributed by atoms with Crippen LogP contribution in [0.3, 0.4) is 0 Å². The van der Waals surface area contributed by atoms with Gasteiger partial charge in [0.1, 0.15) is 11.5 Å². The molecule has 2 aromatic carbocycles. The van der Waals surface area contributed by atoms with Crippen LogP contribution in [0.2, 0.25) is 0 Å². The highest BCUT2D eigenvalue weighted by Crippen LogP contribution is 2.46. The first-order valence-electron chi connectivity index (χ1n) is 11.7. The van der Waals surface area contributed by atoms with Crippen molar-refractivity contribution in [3.05, 3.63) is 70.3 Å². The van der Waals surface area contributed by atoms with Crippen LogP contribution in [0, 0.1) is 6.92 Å². The number of amides is 1. The van der Waals surface area contributed by atoms with Crippen molar-refractivity contribution < 1.29 is 19.4 Å². The number of ketones is 1. The number of carbonyl (C=O) groups is 2. The van der Waals surface area contributed by atoms with Gasteiger partial charge in [-0.05, 0) is 48.4 Å². The molecule has 5 nitrogen and oxygen atoms in total. The van der Waals surface area contributed by atoms with E-state index in [0.29, 0.717) is 11.3 Å². The summed E-state index contributed by atoms with van der Waals surface area (Å²) >= 11 is 0. The lowest BCUT2D eigenvalue weighted by Crippen LogP contribution is -2.37. The normalized spacial score (nSPS) is 21.1. The molecule has 1 N–H and O–H groups in total. The third-order valence-electron chi connectivity index (χ3n) is 6.99. The number of benzene rings is 2. The van der Waals surface area contributed by atoms with Gasteiger partial charge in [-0.2, -0.15) is 0 Å². The molecule has 0 radical (unpaired) electrons. The van der Waals surface area contributed by atoms with Gasteiger partial charge >= 0.3 is 0 Å². The summed E-state index contributed by atoms with van der Waals surface area (Å²) in [6.07, 6.45) is 3.77. The van der Waals surface area contributed by atoms with E-state index in [1.807, 2.05) is 49.4 Å². The minimum atomic E-state index is -0.679. The summed E-state index contributed by atoms with van der Waals surface area (Å²) in [6, 6.07) is 12.7. The molecule has 0 spiro atoms. The molecule has 5 heteroatoms. The van der Waals surface area contributed by atoms with E-state index in [9.17, 15) is 14.7 Å². The molecule has 1 unspecified atom stereocenters. The summed E-state index contributed by atoms with van der Waals surface area (Å²) in [5.74, 6) is -0.688. The number of ether oxygens (including phenoxy) is 1. The average molecular weight is 448 g/mol. The lowest BCUT2D eigenvalue weighted by atomic mass is 9.84. The second-order valence-electron chi connectivity index (χ2n) is 10.2. The Morgan fingerprint density at radius 3 is 2.36 bits per heavy atom. The van der Waals surface area contributed by atoms with Crippen molar-refractivity contribution in [3.8, 4) is 5.75 Å². The van der Waals surface area contributed by atoms with E-state index < -0.39 is 17.7 Å². The Hall–Kier alpha value is -3.08. The third kappa shape index (κ3) is 4.05. The number of hydrogen-bond donors (Lipinski definition) is 1. The minimum absolute atomic E-state index is 0.0244. The molecule has 2 fully saturated rings. The molecule has 0 bridgehead atoms. The number of nitrogens with zero attached hydrogens (tertiary/aromatic N) is 1. The number of para-hydroxylation sites is 1. The number of hydrogen-bond acceptors (Lipinski definition) is 4. The van der Waals surface area contributed by atoms with Gasteiger partial charge in [0.25, 0.3) is 11.7 Å². The zero-order valence-corrected chi connectivity index (χ0v) is 20.1. The first-order valence-corrected chi connectivity index (χ1v) is 11.7. The van der Waals surface area contributed by atoms with Gasteiger partial charge in [-0.1, -0.05) is 63.9 Å². The first-order chi connectivity index (χ1) is 15.6. The third-order valence-corrected chi connectivity index (χ3v) is 6.99. The molecule has 1 saturated heterocycles. The molecule has 1 aliphatic heterocycles. The van der Waals surface area contributed by atoms with Crippen LogP contribution in [0.5, 0.6) is 5.75 Å². The molecule has 1 amide bonds. The number of rotatable bonds is 4. The van der Waals surface area contributed by atoms with Crippen LogP contribution in [0.25, 0.3) is 5.76 Å². The monoisotopic (exact) mass is 447 g/mol. The van der Waals surface area contributed by atoms with Crippen LogP contribution in [-0.4, -0.2) is 34.8 Å². The van der Waals surface area contributed by atoms with E-state index in [2.05, 4.69) is 20.8 Å². The Bertz CT molecular complexity index is 1120. The molecular formula is C28H33NO4. The average Bonchev–Trinajstić information content (AvgIpc) is 3.39. The molecule has 0 aromatic heterocycles.